The number of rotatable bonds is 4. The number of nitro benzene ring substituents is 1. The fourth-order valence-corrected chi connectivity index (χ4v) is 3.37. The van der Waals surface area contributed by atoms with Gasteiger partial charge < -0.3 is 4.42 Å². The highest BCUT2D eigenvalue weighted by Gasteiger charge is 2.22. The van der Waals surface area contributed by atoms with Crippen molar-refractivity contribution in [3.05, 3.63) is 97.6 Å². The molecule has 0 radical (unpaired) electrons. The molecule has 0 unspecified atom stereocenters. The zero-order valence-electron chi connectivity index (χ0n) is 17.5. The molecule has 2 aromatic carbocycles. The molecule has 166 valence electrons. The van der Waals surface area contributed by atoms with E-state index in [4.69, 9.17) is 4.42 Å². The Morgan fingerprint density at radius 3 is 2.42 bits per heavy atom. The van der Waals surface area contributed by atoms with E-state index >= 15 is 0 Å². The van der Waals surface area contributed by atoms with E-state index in [9.17, 15) is 24.5 Å². The average molecular weight is 447 g/mol. The van der Waals surface area contributed by atoms with Crippen molar-refractivity contribution in [3.8, 4) is 5.69 Å². The van der Waals surface area contributed by atoms with Crippen molar-refractivity contribution in [2.75, 3.05) is 0 Å². The van der Waals surface area contributed by atoms with Crippen molar-refractivity contribution in [1.29, 1.82) is 0 Å². The lowest BCUT2D eigenvalue weighted by molar-refractivity contribution is -0.384. The molecule has 2 N–H and O–H groups in total. The summed E-state index contributed by atoms with van der Waals surface area (Å²) < 4.78 is 6.67. The number of aromatic nitrogens is 2. The zero-order valence-corrected chi connectivity index (χ0v) is 17.5. The van der Waals surface area contributed by atoms with Gasteiger partial charge >= 0.3 is 5.91 Å². The van der Waals surface area contributed by atoms with Crippen LogP contribution in [0.2, 0.25) is 0 Å². The van der Waals surface area contributed by atoms with Gasteiger partial charge in [0.1, 0.15) is 11.3 Å². The Balaban J connectivity index is 1.61. The van der Waals surface area contributed by atoms with Crippen LogP contribution < -0.4 is 16.3 Å². The van der Waals surface area contributed by atoms with E-state index in [1.54, 1.807) is 37.3 Å². The summed E-state index contributed by atoms with van der Waals surface area (Å²) in [7, 11) is 0. The third kappa shape index (κ3) is 3.94. The summed E-state index contributed by atoms with van der Waals surface area (Å²) in [5, 5.41) is 16.1. The molecule has 0 saturated carbocycles. The molecule has 2 heterocycles. The Hall–Kier alpha value is -4.80. The Kier molecular flexibility index (Phi) is 5.44. The molecular formula is C22H17N5O6. The van der Waals surface area contributed by atoms with Crippen molar-refractivity contribution in [2.24, 2.45) is 0 Å². The zero-order chi connectivity index (χ0) is 23.7. The fourth-order valence-electron chi connectivity index (χ4n) is 3.37. The number of amides is 2. The SMILES string of the molecule is Cc1c(C(=O)NNC(=O)c2nn(-c3ccccc3[N+](=O)[O-])c(C)cc2=O)oc2ccccc12. The van der Waals surface area contributed by atoms with Gasteiger partial charge in [0, 0.05) is 28.8 Å². The fraction of sp³-hybridized carbons (Fsp3) is 0.0909. The van der Waals surface area contributed by atoms with E-state index in [1.165, 1.54) is 25.1 Å². The van der Waals surface area contributed by atoms with Gasteiger partial charge in [0.25, 0.3) is 11.6 Å². The highest BCUT2D eigenvalue weighted by Crippen LogP contribution is 2.25. The molecule has 0 fully saturated rings. The number of nitrogens with one attached hydrogen (secondary N) is 2. The van der Waals surface area contributed by atoms with Crippen molar-refractivity contribution < 1.29 is 18.9 Å². The predicted octanol–water partition coefficient (Wildman–Crippen LogP) is 2.58. The summed E-state index contributed by atoms with van der Waals surface area (Å²) >= 11 is 0. The Labute approximate surface area is 185 Å². The van der Waals surface area contributed by atoms with E-state index in [-0.39, 0.29) is 22.8 Å². The second-order valence-electron chi connectivity index (χ2n) is 7.12. The van der Waals surface area contributed by atoms with Crippen LogP contribution in [0.25, 0.3) is 16.7 Å². The molecular weight excluding hydrogens is 430 g/mol. The number of hydrogen-bond donors (Lipinski definition) is 2. The number of furan rings is 1. The lowest BCUT2D eigenvalue weighted by Crippen LogP contribution is -2.44. The first-order valence-corrected chi connectivity index (χ1v) is 9.71. The minimum atomic E-state index is -0.991. The maximum atomic E-state index is 12.6. The van der Waals surface area contributed by atoms with E-state index in [0.717, 1.165) is 16.1 Å². The van der Waals surface area contributed by atoms with Crippen molar-refractivity contribution >= 4 is 28.5 Å². The van der Waals surface area contributed by atoms with Gasteiger partial charge in [-0.2, -0.15) is 5.10 Å². The number of nitrogens with zero attached hydrogens (tertiary/aromatic N) is 3. The first kappa shape index (κ1) is 21.4. The lowest BCUT2D eigenvalue weighted by atomic mass is 10.1. The summed E-state index contributed by atoms with van der Waals surface area (Å²) in [6, 6.07) is 14.0. The molecule has 0 spiro atoms. The van der Waals surface area contributed by atoms with Gasteiger partial charge in [-0.05, 0) is 26.0 Å². The molecule has 0 atom stereocenters. The van der Waals surface area contributed by atoms with Crippen molar-refractivity contribution in [1.82, 2.24) is 20.6 Å². The van der Waals surface area contributed by atoms with Crippen LogP contribution in [-0.4, -0.2) is 26.5 Å². The van der Waals surface area contributed by atoms with Crippen LogP contribution in [-0.2, 0) is 0 Å². The number of hydrogen-bond acceptors (Lipinski definition) is 7. The number of carbonyl (C=O) groups is 2. The molecule has 0 saturated heterocycles. The van der Waals surface area contributed by atoms with Crippen LogP contribution in [0.4, 0.5) is 5.69 Å². The number of hydrazine groups is 1. The summed E-state index contributed by atoms with van der Waals surface area (Å²) in [5.74, 6) is -1.71. The van der Waals surface area contributed by atoms with E-state index < -0.39 is 27.9 Å². The Morgan fingerprint density at radius 2 is 1.70 bits per heavy atom. The largest absolute Gasteiger partial charge is 0.451 e. The quantitative estimate of drug-likeness (QED) is 0.361. The van der Waals surface area contributed by atoms with Crippen LogP contribution in [0.5, 0.6) is 0 Å². The van der Waals surface area contributed by atoms with Gasteiger partial charge in [0.05, 0.1) is 4.92 Å². The van der Waals surface area contributed by atoms with Gasteiger partial charge in [0.15, 0.2) is 11.5 Å². The smallest absolute Gasteiger partial charge is 0.305 e. The van der Waals surface area contributed by atoms with Crippen LogP contribution in [0, 0.1) is 24.0 Å². The second-order valence-corrected chi connectivity index (χ2v) is 7.12. The van der Waals surface area contributed by atoms with E-state index in [1.807, 2.05) is 0 Å². The molecule has 11 heteroatoms. The highest BCUT2D eigenvalue weighted by molar-refractivity contribution is 6.00. The van der Waals surface area contributed by atoms with Gasteiger partial charge in [-0.1, -0.05) is 30.3 Å². The number of nitro groups is 1. The maximum Gasteiger partial charge on any atom is 0.305 e. The summed E-state index contributed by atoms with van der Waals surface area (Å²) in [5.41, 5.74) is 4.28. The van der Waals surface area contributed by atoms with Crippen LogP contribution >= 0.6 is 0 Å². The number of benzene rings is 2. The molecule has 0 aliphatic rings. The Bertz CT molecular complexity index is 1490. The first-order chi connectivity index (χ1) is 15.8. The molecule has 0 aliphatic carbocycles. The standard InChI is InChI=1S/C22H17N5O6/c1-12-11-17(28)19(25-26(12)15-8-4-5-9-16(15)27(31)32)21(29)23-24-22(30)20-13(2)14-7-3-6-10-18(14)33-20/h3-11H,1-2H3,(H,23,29)(H,24,30). The predicted molar refractivity (Wildman–Crippen MR) is 117 cm³/mol. The average Bonchev–Trinajstić information content (AvgIpc) is 3.14. The molecule has 0 bridgehead atoms. The molecule has 2 aromatic heterocycles. The summed E-state index contributed by atoms with van der Waals surface area (Å²) in [6.45, 7) is 3.23. The van der Waals surface area contributed by atoms with Gasteiger partial charge in [-0.3, -0.25) is 35.3 Å². The number of carbonyl (C=O) groups excluding carboxylic acids is 2. The molecule has 4 rings (SSSR count). The number of aryl methyl sites for hydroxylation is 2. The van der Waals surface area contributed by atoms with E-state index in [0.29, 0.717) is 11.1 Å². The topological polar surface area (TPSA) is 149 Å². The van der Waals surface area contributed by atoms with Gasteiger partial charge in [-0.25, -0.2) is 4.68 Å². The monoisotopic (exact) mass is 447 g/mol. The minimum Gasteiger partial charge on any atom is -0.451 e. The van der Waals surface area contributed by atoms with Crippen LogP contribution in [0.3, 0.4) is 0 Å². The molecule has 4 aromatic rings. The lowest BCUT2D eigenvalue weighted by Gasteiger charge is -2.11. The normalized spacial score (nSPS) is 10.7. The van der Waals surface area contributed by atoms with Gasteiger partial charge in [-0.15, -0.1) is 0 Å². The second kappa shape index (κ2) is 8.38. The number of fused-ring (bicyclic) bond motifs is 1. The molecule has 0 aliphatic heterocycles. The maximum absolute atomic E-state index is 12.6. The minimum absolute atomic E-state index is 0.00527. The van der Waals surface area contributed by atoms with Crippen LogP contribution in [0.15, 0.2) is 63.8 Å². The van der Waals surface area contributed by atoms with E-state index in [2.05, 4.69) is 16.0 Å². The molecule has 2 amide bonds. The Morgan fingerprint density at radius 1 is 1.03 bits per heavy atom. The van der Waals surface area contributed by atoms with Crippen molar-refractivity contribution in [2.45, 2.75) is 13.8 Å². The summed E-state index contributed by atoms with van der Waals surface area (Å²) in [6.07, 6.45) is 0. The molecule has 11 nitrogen and oxygen atoms in total. The third-order valence-electron chi connectivity index (χ3n) is 4.97. The summed E-state index contributed by atoms with van der Waals surface area (Å²) in [4.78, 5) is 48.3. The van der Waals surface area contributed by atoms with Crippen LogP contribution in [0.1, 0.15) is 32.3 Å². The first-order valence-electron chi connectivity index (χ1n) is 9.71. The third-order valence-corrected chi connectivity index (χ3v) is 4.97. The molecule has 33 heavy (non-hydrogen) atoms. The van der Waals surface area contributed by atoms with Gasteiger partial charge in [0.2, 0.25) is 5.43 Å². The highest BCUT2D eigenvalue weighted by atomic mass is 16.6. The number of para-hydroxylation sites is 3. The van der Waals surface area contributed by atoms with Crippen molar-refractivity contribution in [3.63, 3.8) is 0 Å².